The highest BCUT2D eigenvalue weighted by Gasteiger charge is 2.16. The average Bonchev–Trinajstić information content (AvgIpc) is 2.55. The standard InChI is InChI=1S/C12H13NOS/c1-3-10(14)8-15-9(2)13-11-6-4-5-7-12(11)15/h4-8H,3H2,1-2H3. The Morgan fingerprint density at radius 2 is 2.20 bits per heavy atom. The van der Waals surface area contributed by atoms with Gasteiger partial charge in [-0.2, -0.15) is 0 Å². The number of rotatable bonds is 2. The molecule has 78 valence electrons. The van der Waals surface area contributed by atoms with Crippen molar-refractivity contribution < 1.29 is 4.79 Å². The van der Waals surface area contributed by atoms with E-state index in [1.807, 2.05) is 37.4 Å². The van der Waals surface area contributed by atoms with Gasteiger partial charge in [0.2, 0.25) is 0 Å². The minimum Gasteiger partial charge on any atom is -0.294 e. The van der Waals surface area contributed by atoms with Gasteiger partial charge in [0.25, 0.3) is 0 Å². The lowest BCUT2D eigenvalue weighted by molar-refractivity contribution is -0.112. The summed E-state index contributed by atoms with van der Waals surface area (Å²) in [4.78, 5) is 17.1. The Morgan fingerprint density at radius 3 is 2.93 bits per heavy atom. The van der Waals surface area contributed by atoms with Crippen LogP contribution >= 0.6 is 10.5 Å². The van der Waals surface area contributed by atoms with Gasteiger partial charge >= 0.3 is 0 Å². The molecule has 2 rings (SSSR count). The van der Waals surface area contributed by atoms with Crippen molar-refractivity contribution in [2.75, 3.05) is 0 Å². The number of ketones is 1. The highest BCUT2D eigenvalue weighted by atomic mass is 32.2. The van der Waals surface area contributed by atoms with Crippen LogP contribution in [0, 0.1) is 0 Å². The third kappa shape index (κ3) is 1.92. The van der Waals surface area contributed by atoms with Gasteiger partial charge < -0.3 is 0 Å². The maximum Gasteiger partial charge on any atom is 0.161 e. The molecule has 0 amide bonds. The van der Waals surface area contributed by atoms with E-state index in [2.05, 4.69) is 11.1 Å². The summed E-state index contributed by atoms with van der Waals surface area (Å²) in [7, 11) is -0.201. The van der Waals surface area contributed by atoms with Crippen LogP contribution in [0.15, 0.2) is 34.2 Å². The van der Waals surface area contributed by atoms with Crippen LogP contribution in [0.4, 0.5) is 5.69 Å². The fraction of sp³-hybridized carbons (Fsp3) is 0.250. The van der Waals surface area contributed by atoms with Gasteiger partial charge in [0.15, 0.2) is 5.78 Å². The molecular formula is C12H13NOS. The van der Waals surface area contributed by atoms with Crippen LogP contribution in [-0.2, 0) is 4.79 Å². The van der Waals surface area contributed by atoms with Crippen molar-refractivity contribution in [2.24, 2.45) is 4.99 Å². The van der Waals surface area contributed by atoms with Crippen LogP contribution in [0.1, 0.15) is 20.3 Å². The van der Waals surface area contributed by atoms with E-state index >= 15 is 0 Å². The van der Waals surface area contributed by atoms with E-state index in [-0.39, 0.29) is 16.3 Å². The molecule has 1 aliphatic rings. The summed E-state index contributed by atoms with van der Waals surface area (Å²) in [5.41, 5.74) is 1.01. The molecule has 1 aromatic carbocycles. The lowest BCUT2D eigenvalue weighted by atomic mass is 10.3. The zero-order valence-electron chi connectivity index (χ0n) is 8.86. The summed E-state index contributed by atoms with van der Waals surface area (Å²) in [6.07, 6.45) is 0.568. The molecule has 0 radical (unpaired) electrons. The predicted octanol–water partition coefficient (Wildman–Crippen LogP) is 3.16. The van der Waals surface area contributed by atoms with Gasteiger partial charge in [0.1, 0.15) is 0 Å². The molecule has 0 saturated heterocycles. The Morgan fingerprint density at radius 1 is 1.47 bits per heavy atom. The molecule has 2 nitrogen and oxygen atoms in total. The molecule has 1 aromatic rings. The van der Waals surface area contributed by atoms with Crippen LogP contribution < -0.4 is 0 Å². The number of carbonyl (C=O) groups excluding carboxylic acids is 1. The Hall–Kier alpha value is -1.22. The molecule has 15 heavy (non-hydrogen) atoms. The molecule has 0 N–H and O–H groups in total. The number of aliphatic imine (C=N–C) groups is 1. The van der Waals surface area contributed by atoms with E-state index in [1.54, 1.807) is 0 Å². The topological polar surface area (TPSA) is 29.4 Å². The fourth-order valence-corrected chi connectivity index (χ4v) is 3.28. The average molecular weight is 219 g/mol. The molecule has 1 heterocycles. The van der Waals surface area contributed by atoms with Crippen molar-refractivity contribution in [2.45, 2.75) is 25.2 Å². The first kappa shape index (κ1) is 10.3. The Bertz CT molecular complexity index is 474. The molecular weight excluding hydrogens is 206 g/mol. The summed E-state index contributed by atoms with van der Waals surface area (Å²) in [5.74, 6) is 0.199. The third-order valence-electron chi connectivity index (χ3n) is 2.30. The largest absolute Gasteiger partial charge is 0.294 e. The number of benzene rings is 1. The number of nitrogens with zero attached hydrogens (tertiary/aromatic N) is 1. The number of hydrogen-bond donors (Lipinski definition) is 0. The number of hydrogen-bond acceptors (Lipinski definition) is 2. The highest BCUT2D eigenvalue weighted by Crippen LogP contribution is 2.42. The van der Waals surface area contributed by atoms with Crippen LogP contribution in [0.25, 0.3) is 0 Å². The van der Waals surface area contributed by atoms with Gasteiger partial charge in [0, 0.05) is 16.7 Å². The second kappa shape index (κ2) is 4.11. The quantitative estimate of drug-likeness (QED) is 0.702. The highest BCUT2D eigenvalue weighted by molar-refractivity contribution is 8.29. The van der Waals surface area contributed by atoms with Gasteiger partial charge in [-0.1, -0.05) is 19.1 Å². The molecule has 3 heteroatoms. The van der Waals surface area contributed by atoms with Gasteiger partial charge in [-0.05, 0) is 19.1 Å². The Kier molecular flexibility index (Phi) is 2.82. The van der Waals surface area contributed by atoms with Crippen LogP contribution in [0.3, 0.4) is 0 Å². The van der Waals surface area contributed by atoms with Crippen LogP contribution in [0.2, 0.25) is 0 Å². The van der Waals surface area contributed by atoms with Gasteiger partial charge in [-0.25, -0.2) is 4.99 Å². The number of para-hydroxylation sites is 1. The zero-order chi connectivity index (χ0) is 10.8. The van der Waals surface area contributed by atoms with E-state index in [9.17, 15) is 4.79 Å². The van der Waals surface area contributed by atoms with Crippen LogP contribution in [-0.4, -0.2) is 16.2 Å². The monoisotopic (exact) mass is 219 g/mol. The lowest BCUT2D eigenvalue weighted by Crippen LogP contribution is -1.98. The number of fused-ring (bicyclic) bond motifs is 1. The summed E-state index contributed by atoms with van der Waals surface area (Å²) in [6.45, 7) is 3.87. The van der Waals surface area contributed by atoms with E-state index in [0.29, 0.717) is 6.42 Å². The van der Waals surface area contributed by atoms with Crippen LogP contribution in [0.5, 0.6) is 0 Å². The van der Waals surface area contributed by atoms with Crippen molar-refractivity contribution in [1.82, 2.24) is 0 Å². The minimum absolute atomic E-state index is 0.199. The smallest absolute Gasteiger partial charge is 0.161 e. The first-order chi connectivity index (χ1) is 7.22. The summed E-state index contributed by atoms with van der Waals surface area (Å²) in [6, 6.07) is 8.02. The maximum atomic E-state index is 11.4. The molecule has 1 atom stereocenters. The lowest BCUT2D eigenvalue weighted by Gasteiger charge is -2.01. The van der Waals surface area contributed by atoms with Gasteiger partial charge in [-0.3, -0.25) is 4.79 Å². The fourth-order valence-electron chi connectivity index (χ4n) is 1.48. The Balaban J connectivity index is 2.48. The number of carbonyl (C=O) groups is 1. The van der Waals surface area contributed by atoms with Crippen molar-refractivity contribution in [3.8, 4) is 0 Å². The van der Waals surface area contributed by atoms with Gasteiger partial charge in [-0.15, -0.1) is 10.5 Å². The molecule has 0 aliphatic carbocycles. The van der Waals surface area contributed by atoms with Crippen molar-refractivity contribution in [1.29, 1.82) is 0 Å². The van der Waals surface area contributed by atoms with E-state index in [1.165, 1.54) is 4.90 Å². The van der Waals surface area contributed by atoms with Crippen molar-refractivity contribution >= 4 is 32.4 Å². The van der Waals surface area contributed by atoms with Crippen molar-refractivity contribution in [3.63, 3.8) is 0 Å². The maximum absolute atomic E-state index is 11.4. The third-order valence-corrected chi connectivity index (χ3v) is 4.34. The Labute approximate surface area is 92.0 Å². The van der Waals surface area contributed by atoms with E-state index < -0.39 is 0 Å². The molecule has 0 bridgehead atoms. The van der Waals surface area contributed by atoms with Gasteiger partial charge in [0.05, 0.1) is 10.7 Å². The normalized spacial score (nSPS) is 18.8. The zero-order valence-corrected chi connectivity index (χ0v) is 9.67. The number of Topliss-reactive ketones (excluding diaryl/α,β-unsaturated/α-hetero) is 1. The SMILES string of the molecule is CCC(=O)C=S1C(C)=Nc2ccccc21. The molecule has 0 spiro atoms. The molecule has 0 saturated carbocycles. The molecule has 1 unspecified atom stereocenters. The molecule has 0 aromatic heterocycles. The second-order valence-corrected chi connectivity index (χ2v) is 5.32. The summed E-state index contributed by atoms with van der Waals surface area (Å²) < 4.78 is 0. The van der Waals surface area contributed by atoms with Crippen molar-refractivity contribution in [3.05, 3.63) is 24.3 Å². The summed E-state index contributed by atoms with van der Waals surface area (Å²) in [5, 5.41) is 2.85. The molecule has 1 aliphatic heterocycles. The van der Waals surface area contributed by atoms with E-state index in [4.69, 9.17) is 0 Å². The first-order valence-electron chi connectivity index (χ1n) is 4.97. The van der Waals surface area contributed by atoms with E-state index in [0.717, 1.165) is 10.7 Å². The predicted molar refractivity (Wildman–Crippen MR) is 66.4 cm³/mol. The molecule has 0 fully saturated rings. The summed E-state index contributed by atoms with van der Waals surface area (Å²) >= 11 is 0. The first-order valence-corrected chi connectivity index (χ1v) is 6.26. The minimum atomic E-state index is -0.201. The second-order valence-electron chi connectivity index (χ2n) is 3.37.